The Morgan fingerprint density at radius 3 is 2.36 bits per heavy atom. The van der Waals surface area contributed by atoms with Gasteiger partial charge in [0.2, 0.25) is 11.8 Å². The number of methoxy groups -OCH3 is 1. The molecule has 2 atom stereocenters. The van der Waals surface area contributed by atoms with Crippen molar-refractivity contribution in [3.05, 3.63) is 89.0 Å². The van der Waals surface area contributed by atoms with Crippen LogP contribution in [0.5, 0.6) is 17.2 Å². The topological polar surface area (TPSA) is 114 Å². The van der Waals surface area contributed by atoms with Gasteiger partial charge in [0.1, 0.15) is 29.9 Å². The summed E-state index contributed by atoms with van der Waals surface area (Å²) >= 11 is 0. The van der Waals surface area contributed by atoms with Crippen LogP contribution in [0.25, 0.3) is 0 Å². The number of benzene rings is 3. The van der Waals surface area contributed by atoms with Gasteiger partial charge in [-0.1, -0.05) is 18.6 Å². The number of nitrogens with zero attached hydrogens (tertiary/aromatic N) is 2. The van der Waals surface area contributed by atoms with Gasteiger partial charge in [-0.3, -0.25) is 24.6 Å². The second-order valence-electron chi connectivity index (χ2n) is 11.4. The van der Waals surface area contributed by atoms with E-state index in [2.05, 4.69) is 22.3 Å². The van der Waals surface area contributed by atoms with E-state index in [1.54, 1.807) is 35.2 Å². The molecule has 10 heteroatoms. The third-order valence-corrected chi connectivity index (χ3v) is 8.51. The minimum Gasteiger partial charge on any atom is -0.492 e. The summed E-state index contributed by atoms with van der Waals surface area (Å²) in [6.45, 7) is 2.64. The van der Waals surface area contributed by atoms with Crippen LogP contribution in [0, 0.1) is 0 Å². The van der Waals surface area contributed by atoms with Gasteiger partial charge in [-0.15, -0.1) is 0 Å². The van der Waals surface area contributed by atoms with Gasteiger partial charge in [0.05, 0.1) is 12.7 Å². The van der Waals surface area contributed by atoms with E-state index in [0.29, 0.717) is 47.9 Å². The summed E-state index contributed by atoms with van der Waals surface area (Å²) < 4.78 is 16.9. The molecular formula is C34H35N3O7. The zero-order valence-electron chi connectivity index (χ0n) is 24.6. The van der Waals surface area contributed by atoms with Gasteiger partial charge in [-0.05, 0) is 91.5 Å². The molecule has 44 heavy (non-hydrogen) atoms. The molecule has 2 fully saturated rings. The largest absolute Gasteiger partial charge is 0.492 e. The third kappa shape index (κ3) is 6.45. The number of rotatable bonds is 9. The summed E-state index contributed by atoms with van der Waals surface area (Å²) in [6, 6.07) is 20.0. The molecule has 1 N–H and O–H groups in total. The van der Waals surface area contributed by atoms with Crippen molar-refractivity contribution in [1.82, 2.24) is 15.1 Å². The van der Waals surface area contributed by atoms with Crippen molar-refractivity contribution in [1.29, 1.82) is 0 Å². The van der Waals surface area contributed by atoms with E-state index in [9.17, 15) is 19.2 Å². The van der Waals surface area contributed by atoms with E-state index in [4.69, 9.17) is 14.2 Å². The molecule has 0 bridgehead atoms. The number of hydrogen-bond donors (Lipinski definition) is 1. The summed E-state index contributed by atoms with van der Waals surface area (Å²) in [5.74, 6) is 0.771. The van der Waals surface area contributed by atoms with Gasteiger partial charge >= 0.3 is 5.97 Å². The molecule has 1 unspecified atom stereocenters. The molecule has 3 aromatic carbocycles. The number of piperidine rings is 2. The van der Waals surface area contributed by atoms with Crippen LogP contribution >= 0.6 is 0 Å². The Kier molecular flexibility index (Phi) is 8.60. The minimum atomic E-state index is -0.632. The average molecular weight is 598 g/mol. The predicted molar refractivity (Wildman–Crippen MR) is 160 cm³/mol. The Morgan fingerprint density at radius 1 is 0.909 bits per heavy atom. The number of carbonyl (C=O) groups is 4. The van der Waals surface area contributed by atoms with Crippen LogP contribution in [0.4, 0.5) is 0 Å². The van der Waals surface area contributed by atoms with Crippen LogP contribution in [-0.2, 0) is 27.4 Å². The first-order valence-corrected chi connectivity index (χ1v) is 15.0. The Bertz CT molecular complexity index is 1550. The third-order valence-electron chi connectivity index (χ3n) is 8.51. The molecule has 3 aliphatic heterocycles. The number of imide groups is 1. The number of nitrogens with one attached hydrogen (secondary N) is 1. The fraction of sp³-hybridized carbons (Fsp3) is 0.353. The van der Waals surface area contributed by atoms with Gasteiger partial charge < -0.3 is 19.1 Å². The first kappa shape index (κ1) is 29.4. The molecule has 3 amide bonds. The van der Waals surface area contributed by atoms with Crippen molar-refractivity contribution in [3.8, 4) is 17.2 Å². The Labute approximate surface area is 255 Å². The van der Waals surface area contributed by atoms with Crippen molar-refractivity contribution in [2.45, 2.75) is 57.3 Å². The number of likely N-dealkylation sites (tertiary alicyclic amines) is 1. The lowest BCUT2D eigenvalue weighted by molar-refractivity contribution is -0.136. The number of esters is 1. The highest BCUT2D eigenvalue weighted by molar-refractivity contribution is 6.05. The van der Waals surface area contributed by atoms with E-state index < -0.39 is 11.9 Å². The highest BCUT2D eigenvalue weighted by Gasteiger charge is 2.39. The van der Waals surface area contributed by atoms with E-state index >= 15 is 0 Å². The second kappa shape index (κ2) is 12.9. The predicted octanol–water partition coefficient (Wildman–Crippen LogP) is 4.46. The van der Waals surface area contributed by atoms with Crippen molar-refractivity contribution >= 4 is 23.7 Å². The Balaban J connectivity index is 1.04. The van der Waals surface area contributed by atoms with Crippen molar-refractivity contribution in [2.24, 2.45) is 0 Å². The molecule has 228 valence electrons. The lowest BCUT2D eigenvalue weighted by Crippen LogP contribution is -2.52. The highest BCUT2D eigenvalue weighted by atomic mass is 16.5. The van der Waals surface area contributed by atoms with Crippen molar-refractivity contribution in [3.63, 3.8) is 0 Å². The summed E-state index contributed by atoms with van der Waals surface area (Å²) in [4.78, 5) is 52.5. The van der Waals surface area contributed by atoms with Gasteiger partial charge in [0.15, 0.2) is 0 Å². The van der Waals surface area contributed by atoms with Crippen molar-refractivity contribution < 1.29 is 33.4 Å². The molecule has 2 saturated heterocycles. The van der Waals surface area contributed by atoms with E-state index in [-0.39, 0.29) is 30.2 Å². The fourth-order valence-electron chi connectivity index (χ4n) is 6.10. The Hall–Kier alpha value is -4.70. The van der Waals surface area contributed by atoms with E-state index in [0.717, 1.165) is 37.9 Å². The van der Waals surface area contributed by atoms with E-state index in [1.165, 1.54) is 12.7 Å². The van der Waals surface area contributed by atoms with Gasteiger partial charge in [-0.2, -0.15) is 0 Å². The van der Waals surface area contributed by atoms with Crippen molar-refractivity contribution in [2.75, 3.05) is 20.3 Å². The number of amides is 3. The molecule has 10 nitrogen and oxygen atoms in total. The molecular weight excluding hydrogens is 562 g/mol. The standard InChI is InChI=1S/C34H35N3O7/c1-42-34(41)23-7-11-27(12-8-23)44-26-9-5-22(6-10-26)19-36-17-3-2-4-25(36)21-43-28-13-14-29-24(18-28)20-37(33(29)40)30-15-16-31(38)35-32(30)39/h5-14,18,25,30H,2-4,15-17,19-21H2,1H3,(H,35,38,39)/t25-,30?/m0/s1. The maximum absolute atomic E-state index is 13.0. The number of fused-ring (bicyclic) bond motifs is 1. The number of carbonyl (C=O) groups excluding carboxylic acids is 4. The molecule has 0 aromatic heterocycles. The quantitative estimate of drug-likeness (QED) is 0.284. The van der Waals surface area contributed by atoms with Crippen LogP contribution in [0.1, 0.15) is 63.9 Å². The average Bonchev–Trinajstić information content (AvgIpc) is 3.36. The van der Waals surface area contributed by atoms with Gasteiger partial charge in [0, 0.05) is 31.1 Å². The fourth-order valence-corrected chi connectivity index (χ4v) is 6.10. The first-order valence-electron chi connectivity index (χ1n) is 15.0. The minimum absolute atomic E-state index is 0.188. The van der Waals surface area contributed by atoms with Crippen LogP contribution in [-0.4, -0.2) is 65.8 Å². The molecule has 3 aliphatic rings. The molecule has 0 aliphatic carbocycles. The van der Waals surface area contributed by atoms with Gasteiger partial charge in [0.25, 0.3) is 5.91 Å². The molecule has 3 aromatic rings. The monoisotopic (exact) mass is 597 g/mol. The normalized spacial score (nSPS) is 20.2. The van der Waals surface area contributed by atoms with Gasteiger partial charge in [-0.25, -0.2) is 4.79 Å². The zero-order chi connectivity index (χ0) is 30.6. The van der Waals surface area contributed by atoms with Crippen LogP contribution in [0.3, 0.4) is 0 Å². The lowest BCUT2D eigenvalue weighted by atomic mass is 10.0. The first-order chi connectivity index (χ1) is 21.4. The molecule has 0 radical (unpaired) electrons. The SMILES string of the molecule is COC(=O)c1ccc(Oc2ccc(CN3CCCC[C@H]3COc3ccc4c(c3)CN(C3CCC(=O)NC3=O)C4=O)cc2)cc1. The zero-order valence-corrected chi connectivity index (χ0v) is 24.6. The van der Waals surface area contributed by atoms with Crippen LogP contribution in [0.2, 0.25) is 0 Å². The maximum Gasteiger partial charge on any atom is 0.337 e. The molecule has 0 saturated carbocycles. The summed E-state index contributed by atoms with van der Waals surface area (Å²) in [5.41, 5.74) is 3.05. The molecule has 3 heterocycles. The molecule has 6 rings (SSSR count). The second-order valence-corrected chi connectivity index (χ2v) is 11.4. The lowest BCUT2D eigenvalue weighted by Gasteiger charge is -2.35. The summed E-state index contributed by atoms with van der Waals surface area (Å²) in [7, 11) is 1.35. The highest BCUT2D eigenvalue weighted by Crippen LogP contribution is 2.31. The summed E-state index contributed by atoms with van der Waals surface area (Å²) in [5, 5.41) is 2.34. The van der Waals surface area contributed by atoms with Crippen LogP contribution < -0.4 is 14.8 Å². The molecule has 0 spiro atoms. The van der Waals surface area contributed by atoms with E-state index in [1.807, 2.05) is 24.3 Å². The Morgan fingerprint density at radius 2 is 1.64 bits per heavy atom. The summed E-state index contributed by atoms with van der Waals surface area (Å²) in [6.07, 6.45) is 3.89. The maximum atomic E-state index is 13.0. The van der Waals surface area contributed by atoms with Crippen LogP contribution in [0.15, 0.2) is 66.7 Å². The number of ether oxygens (including phenoxy) is 3. The smallest absolute Gasteiger partial charge is 0.337 e. The number of hydrogen-bond acceptors (Lipinski definition) is 8.